The van der Waals surface area contributed by atoms with Crippen LogP contribution in [0, 0.1) is 12.7 Å². The molecule has 1 atom stereocenters. The van der Waals surface area contributed by atoms with Crippen LogP contribution in [0.4, 0.5) is 10.3 Å². The van der Waals surface area contributed by atoms with Gasteiger partial charge in [0.05, 0.1) is 17.9 Å². The van der Waals surface area contributed by atoms with Crippen LogP contribution in [-0.2, 0) is 13.0 Å². The van der Waals surface area contributed by atoms with Crippen LogP contribution in [0.2, 0.25) is 0 Å². The second-order valence-electron chi connectivity index (χ2n) is 9.38. The highest BCUT2D eigenvalue weighted by atomic mass is 19.1. The van der Waals surface area contributed by atoms with Crippen LogP contribution in [0.25, 0.3) is 5.69 Å². The summed E-state index contributed by atoms with van der Waals surface area (Å²) in [6.07, 6.45) is 0.339. The van der Waals surface area contributed by atoms with Gasteiger partial charge in [0.2, 0.25) is 5.95 Å². The summed E-state index contributed by atoms with van der Waals surface area (Å²) in [4.78, 5) is 45.4. The molecule has 188 valence electrons. The summed E-state index contributed by atoms with van der Waals surface area (Å²) in [7, 11) is 1.56. The van der Waals surface area contributed by atoms with E-state index in [0.717, 1.165) is 0 Å². The molecule has 0 radical (unpaired) electrons. The van der Waals surface area contributed by atoms with Gasteiger partial charge < -0.3 is 15.5 Å². The number of hydrogen-bond donors (Lipinski definition) is 2. The van der Waals surface area contributed by atoms with Gasteiger partial charge in [0, 0.05) is 35.8 Å². The maximum Gasteiger partial charge on any atom is 0.263 e. The molecule has 0 bridgehead atoms. The quantitative estimate of drug-likeness (QED) is 0.570. The van der Waals surface area contributed by atoms with Crippen LogP contribution in [0.5, 0.6) is 0 Å². The lowest BCUT2D eigenvalue weighted by Gasteiger charge is -2.35. The van der Waals surface area contributed by atoms with Crippen molar-refractivity contribution in [2.75, 3.05) is 12.4 Å². The summed E-state index contributed by atoms with van der Waals surface area (Å²) in [5, 5.41) is 5.82. The Labute approximate surface area is 209 Å². The van der Waals surface area contributed by atoms with Gasteiger partial charge in [-0.15, -0.1) is 0 Å². The lowest BCUT2D eigenvalue weighted by Crippen LogP contribution is -2.46. The second kappa shape index (κ2) is 9.93. The van der Waals surface area contributed by atoms with Crippen molar-refractivity contribution < 1.29 is 14.0 Å². The molecule has 2 amide bonds. The average molecular weight is 492 g/mol. The first kappa shape index (κ1) is 25.1. The van der Waals surface area contributed by atoms with Gasteiger partial charge in [-0.05, 0) is 82.1 Å². The molecule has 8 nitrogen and oxygen atoms in total. The van der Waals surface area contributed by atoms with Crippen LogP contribution < -0.4 is 16.2 Å². The van der Waals surface area contributed by atoms with Crippen molar-refractivity contribution in [1.82, 2.24) is 19.8 Å². The van der Waals surface area contributed by atoms with Crippen LogP contribution in [-0.4, -0.2) is 45.4 Å². The van der Waals surface area contributed by atoms with Gasteiger partial charge in [0.15, 0.2) is 0 Å². The predicted molar refractivity (Wildman–Crippen MR) is 136 cm³/mol. The third-order valence-electron chi connectivity index (χ3n) is 6.31. The molecule has 3 aromatic rings. The number of benzene rings is 2. The van der Waals surface area contributed by atoms with E-state index in [9.17, 15) is 18.8 Å². The summed E-state index contributed by atoms with van der Waals surface area (Å²) in [5.74, 6) is -0.446. The Morgan fingerprint density at radius 3 is 2.39 bits per heavy atom. The molecule has 0 spiro atoms. The molecule has 0 saturated heterocycles. The molecule has 1 aliphatic rings. The number of amides is 2. The zero-order chi connectivity index (χ0) is 26.1. The van der Waals surface area contributed by atoms with Gasteiger partial charge in [-0.1, -0.05) is 0 Å². The normalized spacial score (nSPS) is 15.0. The number of fused-ring (bicyclic) bond motifs is 1. The van der Waals surface area contributed by atoms with E-state index in [1.807, 2.05) is 20.8 Å². The molecule has 0 unspecified atom stereocenters. The van der Waals surface area contributed by atoms with Gasteiger partial charge in [0.25, 0.3) is 17.4 Å². The first-order valence-corrected chi connectivity index (χ1v) is 11.9. The van der Waals surface area contributed by atoms with Crippen molar-refractivity contribution in [3.05, 3.63) is 86.6 Å². The van der Waals surface area contributed by atoms with Crippen molar-refractivity contribution >= 4 is 17.8 Å². The highest BCUT2D eigenvalue weighted by molar-refractivity contribution is 5.95. The number of nitrogens with one attached hydrogen (secondary N) is 2. The average Bonchev–Trinajstić information content (AvgIpc) is 2.85. The predicted octanol–water partition coefficient (Wildman–Crippen LogP) is 3.45. The maximum absolute atomic E-state index is 13.7. The molecule has 0 saturated carbocycles. The first-order valence-electron chi connectivity index (χ1n) is 11.9. The molecule has 0 fully saturated rings. The molecule has 4 rings (SSSR count). The monoisotopic (exact) mass is 491 g/mol. The van der Waals surface area contributed by atoms with E-state index in [2.05, 4.69) is 10.6 Å². The van der Waals surface area contributed by atoms with E-state index in [1.165, 1.54) is 16.7 Å². The Kier molecular flexibility index (Phi) is 6.92. The number of hydrogen-bond acceptors (Lipinski definition) is 5. The summed E-state index contributed by atoms with van der Waals surface area (Å²) in [5.41, 5.74) is 2.73. The molecule has 2 N–H and O–H groups in total. The molecule has 0 aliphatic carbocycles. The number of halogens is 1. The third-order valence-corrected chi connectivity index (χ3v) is 6.31. The highest BCUT2D eigenvalue weighted by Crippen LogP contribution is 2.25. The summed E-state index contributed by atoms with van der Waals surface area (Å²) < 4.78 is 15.2. The zero-order valence-corrected chi connectivity index (χ0v) is 21.1. The largest absolute Gasteiger partial charge is 0.355 e. The van der Waals surface area contributed by atoms with E-state index in [0.29, 0.717) is 46.0 Å². The minimum absolute atomic E-state index is 0.00576. The number of aryl methyl sites for hydroxylation is 1. The van der Waals surface area contributed by atoms with E-state index in [1.54, 1.807) is 49.2 Å². The molecule has 2 heterocycles. The Morgan fingerprint density at radius 1 is 1.11 bits per heavy atom. The summed E-state index contributed by atoms with van der Waals surface area (Å²) >= 11 is 0. The Morgan fingerprint density at radius 2 is 1.78 bits per heavy atom. The van der Waals surface area contributed by atoms with Crippen LogP contribution >= 0.6 is 0 Å². The van der Waals surface area contributed by atoms with Gasteiger partial charge in [-0.3, -0.25) is 14.4 Å². The minimum atomic E-state index is -0.362. The first-order chi connectivity index (χ1) is 17.1. The molecule has 1 aromatic heterocycles. The molecule has 36 heavy (non-hydrogen) atoms. The van der Waals surface area contributed by atoms with Gasteiger partial charge in [0.1, 0.15) is 5.82 Å². The zero-order valence-electron chi connectivity index (χ0n) is 21.1. The molecular formula is C27H30FN5O3. The fourth-order valence-corrected chi connectivity index (χ4v) is 4.37. The van der Waals surface area contributed by atoms with Gasteiger partial charge in [-0.2, -0.15) is 0 Å². The fourth-order valence-electron chi connectivity index (χ4n) is 4.37. The number of carbonyl (C=O) groups is 2. The number of anilines is 1. The van der Waals surface area contributed by atoms with E-state index >= 15 is 0 Å². The molecule has 1 aliphatic heterocycles. The Balaban J connectivity index is 1.75. The lowest BCUT2D eigenvalue weighted by molar-refractivity contribution is 0.0653. The minimum Gasteiger partial charge on any atom is -0.355 e. The number of aromatic nitrogens is 2. The van der Waals surface area contributed by atoms with Crippen molar-refractivity contribution in [3.63, 3.8) is 0 Å². The topological polar surface area (TPSA) is 96.3 Å². The van der Waals surface area contributed by atoms with Crippen molar-refractivity contribution in [2.24, 2.45) is 0 Å². The van der Waals surface area contributed by atoms with Crippen molar-refractivity contribution in [1.29, 1.82) is 0 Å². The number of nitrogens with zero attached hydrogens (tertiary/aromatic N) is 3. The highest BCUT2D eigenvalue weighted by Gasteiger charge is 2.32. The summed E-state index contributed by atoms with van der Waals surface area (Å²) in [6.45, 7) is 7.57. The second-order valence-corrected chi connectivity index (χ2v) is 9.38. The summed E-state index contributed by atoms with van der Waals surface area (Å²) in [6, 6.07) is 10.8. The van der Waals surface area contributed by atoms with Crippen LogP contribution in [0.3, 0.4) is 0 Å². The molecular weight excluding hydrogens is 461 g/mol. The van der Waals surface area contributed by atoms with Gasteiger partial charge >= 0.3 is 0 Å². The van der Waals surface area contributed by atoms with Crippen LogP contribution in [0.15, 0.2) is 47.3 Å². The van der Waals surface area contributed by atoms with E-state index in [-0.39, 0.29) is 41.8 Å². The molecule has 2 aromatic carbocycles. The van der Waals surface area contributed by atoms with Crippen molar-refractivity contribution in [3.8, 4) is 5.69 Å². The maximum atomic E-state index is 13.7. The standard InChI is InChI=1S/C27H30FN5O3/c1-15(2)30-27-31-23-14-32(25(35)19-8-11-22(28)16(3)12-19)17(4)13-21(23)26(36)33(27)20-9-6-18(7-10-20)24(34)29-5/h6-12,15,17H,13-14H2,1-5H3,(H,29,34)(H,30,31)/t17-/m1/s1. The van der Waals surface area contributed by atoms with Crippen LogP contribution in [0.1, 0.15) is 58.3 Å². The SMILES string of the molecule is CNC(=O)c1ccc(-n2c(NC(C)C)nc3c(c2=O)C[C@@H](C)N(C(=O)c2ccc(F)c(C)c2)C3)cc1. The third kappa shape index (κ3) is 4.73. The van der Waals surface area contributed by atoms with Crippen molar-refractivity contribution in [2.45, 2.75) is 52.7 Å². The fraction of sp³-hybridized carbons (Fsp3) is 0.333. The Hall–Kier alpha value is -4.01. The smallest absolute Gasteiger partial charge is 0.263 e. The van der Waals surface area contributed by atoms with E-state index < -0.39 is 0 Å². The van der Waals surface area contributed by atoms with E-state index in [4.69, 9.17) is 4.98 Å². The Bertz CT molecular complexity index is 1380. The molecule has 9 heteroatoms. The van der Waals surface area contributed by atoms with Gasteiger partial charge in [-0.25, -0.2) is 13.9 Å². The lowest BCUT2D eigenvalue weighted by atomic mass is 9.98. The number of rotatable bonds is 5. The number of carbonyl (C=O) groups excluding carboxylic acids is 2.